The topological polar surface area (TPSA) is 44.4 Å². The van der Waals surface area contributed by atoms with E-state index in [1.165, 1.54) is 11.3 Å². The summed E-state index contributed by atoms with van der Waals surface area (Å²) in [4.78, 5) is 14.6. The predicted molar refractivity (Wildman–Crippen MR) is 95.1 cm³/mol. The molecule has 0 radical (unpaired) electrons. The molecule has 0 aromatic heterocycles. The average Bonchev–Trinajstić information content (AvgIpc) is 3.04. The van der Waals surface area contributed by atoms with Crippen LogP contribution < -0.4 is 15.5 Å². The Morgan fingerprint density at radius 3 is 3.09 bits per heavy atom. The Morgan fingerprint density at radius 1 is 1.43 bits per heavy atom. The Morgan fingerprint density at radius 2 is 2.30 bits per heavy atom. The van der Waals surface area contributed by atoms with E-state index in [1.807, 2.05) is 12.1 Å². The molecule has 2 aliphatic rings. The van der Waals surface area contributed by atoms with Crippen molar-refractivity contribution in [1.29, 1.82) is 0 Å². The van der Waals surface area contributed by atoms with Gasteiger partial charge in [-0.3, -0.25) is 4.79 Å². The van der Waals surface area contributed by atoms with E-state index < -0.39 is 0 Å². The summed E-state index contributed by atoms with van der Waals surface area (Å²) < 4.78 is 0. The van der Waals surface area contributed by atoms with Crippen molar-refractivity contribution in [2.24, 2.45) is 11.8 Å². The Bertz CT molecular complexity index is 557. The maximum absolute atomic E-state index is 12.2. The van der Waals surface area contributed by atoms with Crippen LogP contribution in [0.5, 0.6) is 0 Å². The van der Waals surface area contributed by atoms with E-state index in [-0.39, 0.29) is 11.8 Å². The van der Waals surface area contributed by atoms with Crippen molar-refractivity contribution >= 4 is 23.2 Å². The van der Waals surface area contributed by atoms with E-state index in [2.05, 4.69) is 28.5 Å². The molecule has 1 aromatic carbocycles. The molecule has 126 valence electrons. The van der Waals surface area contributed by atoms with Crippen molar-refractivity contribution in [3.8, 4) is 0 Å². The molecule has 5 heteroatoms. The van der Waals surface area contributed by atoms with Gasteiger partial charge in [0.2, 0.25) is 5.91 Å². The summed E-state index contributed by atoms with van der Waals surface area (Å²) in [5, 5.41) is 7.25. The van der Waals surface area contributed by atoms with Crippen molar-refractivity contribution in [3.05, 3.63) is 28.8 Å². The summed E-state index contributed by atoms with van der Waals surface area (Å²) in [5.41, 5.74) is 2.48. The molecule has 1 aromatic rings. The Hall–Kier alpha value is -1.26. The van der Waals surface area contributed by atoms with E-state index in [0.29, 0.717) is 5.92 Å². The first-order valence-electron chi connectivity index (χ1n) is 8.63. The lowest BCUT2D eigenvalue weighted by Gasteiger charge is -2.23. The number of piperidine rings is 1. The third-order valence-electron chi connectivity index (χ3n) is 5.03. The molecule has 3 rings (SSSR count). The monoisotopic (exact) mass is 335 g/mol. The van der Waals surface area contributed by atoms with E-state index in [0.717, 1.165) is 57.0 Å². The normalized spacial score (nSPS) is 24.7. The number of benzene rings is 1. The fourth-order valence-corrected chi connectivity index (χ4v) is 3.77. The van der Waals surface area contributed by atoms with Gasteiger partial charge in [-0.05, 0) is 56.3 Å². The van der Waals surface area contributed by atoms with Gasteiger partial charge in [0.05, 0.1) is 5.92 Å². The van der Waals surface area contributed by atoms with Gasteiger partial charge in [-0.2, -0.15) is 0 Å². The highest BCUT2D eigenvalue weighted by Gasteiger charge is 2.26. The van der Waals surface area contributed by atoms with Crippen LogP contribution in [0.25, 0.3) is 0 Å². The average molecular weight is 336 g/mol. The minimum absolute atomic E-state index is 0.149. The van der Waals surface area contributed by atoms with E-state index in [4.69, 9.17) is 11.6 Å². The summed E-state index contributed by atoms with van der Waals surface area (Å²) in [6.07, 6.45) is 3.23. The van der Waals surface area contributed by atoms with Crippen LogP contribution >= 0.6 is 11.6 Å². The zero-order valence-corrected chi connectivity index (χ0v) is 14.5. The molecule has 2 atom stereocenters. The molecule has 0 saturated carbocycles. The molecule has 23 heavy (non-hydrogen) atoms. The quantitative estimate of drug-likeness (QED) is 0.889. The number of carbonyl (C=O) groups is 1. The first-order valence-corrected chi connectivity index (χ1v) is 9.01. The summed E-state index contributed by atoms with van der Waals surface area (Å²) in [6.45, 7) is 6.80. The zero-order chi connectivity index (χ0) is 16.2. The summed E-state index contributed by atoms with van der Waals surface area (Å²) in [7, 11) is 0. The fraction of sp³-hybridized carbons (Fsp3) is 0.611. The van der Waals surface area contributed by atoms with Gasteiger partial charge in [0.1, 0.15) is 0 Å². The van der Waals surface area contributed by atoms with Gasteiger partial charge < -0.3 is 15.5 Å². The standard InChI is InChI=1S/C18H26ClN3O/c1-13-4-5-16(19)9-17(13)22-8-6-14(12-22)10-21-18(23)15-3-2-7-20-11-15/h4-5,9,14-15,20H,2-3,6-8,10-12H2,1H3,(H,21,23). The third kappa shape index (κ3) is 4.18. The van der Waals surface area contributed by atoms with Crippen LogP contribution in [-0.2, 0) is 4.79 Å². The predicted octanol–water partition coefficient (Wildman–Crippen LogP) is 2.59. The number of hydrogen-bond donors (Lipinski definition) is 2. The van der Waals surface area contributed by atoms with Crippen molar-refractivity contribution in [3.63, 3.8) is 0 Å². The second-order valence-electron chi connectivity index (χ2n) is 6.82. The van der Waals surface area contributed by atoms with Crippen molar-refractivity contribution in [2.75, 3.05) is 37.6 Å². The van der Waals surface area contributed by atoms with Crippen LogP contribution in [0.15, 0.2) is 18.2 Å². The number of halogens is 1. The molecule has 0 spiro atoms. The number of nitrogens with one attached hydrogen (secondary N) is 2. The number of carbonyl (C=O) groups excluding carboxylic acids is 1. The highest BCUT2D eigenvalue weighted by molar-refractivity contribution is 6.30. The molecule has 2 N–H and O–H groups in total. The van der Waals surface area contributed by atoms with Crippen LogP contribution in [-0.4, -0.2) is 38.6 Å². The molecule has 0 bridgehead atoms. The Labute approximate surface area is 143 Å². The highest BCUT2D eigenvalue weighted by Crippen LogP contribution is 2.29. The van der Waals surface area contributed by atoms with Crippen LogP contribution in [0, 0.1) is 18.8 Å². The van der Waals surface area contributed by atoms with Gasteiger partial charge in [-0.25, -0.2) is 0 Å². The molecule has 4 nitrogen and oxygen atoms in total. The summed E-state index contributed by atoms with van der Waals surface area (Å²) in [5.74, 6) is 0.889. The van der Waals surface area contributed by atoms with E-state index in [1.54, 1.807) is 0 Å². The second-order valence-corrected chi connectivity index (χ2v) is 7.26. The lowest BCUT2D eigenvalue weighted by atomic mass is 9.98. The lowest BCUT2D eigenvalue weighted by Crippen LogP contribution is -2.42. The molecule has 0 aliphatic carbocycles. The second kappa shape index (κ2) is 7.54. The number of nitrogens with zero attached hydrogens (tertiary/aromatic N) is 1. The largest absolute Gasteiger partial charge is 0.371 e. The van der Waals surface area contributed by atoms with E-state index >= 15 is 0 Å². The van der Waals surface area contributed by atoms with Crippen molar-refractivity contribution < 1.29 is 4.79 Å². The molecule has 1 amide bonds. The van der Waals surface area contributed by atoms with Crippen molar-refractivity contribution in [2.45, 2.75) is 26.2 Å². The summed E-state index contributed by atoms with van der Waals surface area (Å²) >= 11 is 6.13. The van der Waals surface area contributed by atoms with Gasteiger partial charge in [-0.15, -0.1) is 0 Å². The maximum atomic E-state index is 12.2. The molecule has 2 aliphatic heterocycles. The molecule has 2 saturated heterocycles. The van der Waals surface area contributed by atoms with Crippen LogP contribution in [0.2, 0.25) is 5.02 Å². The molecule has 2 fully saturated rings. The Kier molecular flexibility index (Phi) is 5.44. The van der Waals surface area contributed by atoms with Crippen LogP contribution in [0.1, 0.15) is 24.8 Å². The van der Waals surface area contributed by atoms with Gasteiger partial charge in [0.15, 0.2) is 0 Å². The zero-order valence-electron chi connectivity index (χ0n) is 13.8. The van der Waals surface area contributed by atoms with Crippen LogP contribution in [0.3, 0.4) is 0 Å². The van der Waals surface area contributed by atoms with Gasteiger partial charge in [-0.1, -0.05) is 17.7 Å². The van der Waals surface area contributed by atoms with Crippen LogP contribution in [0.4, 0.5) is 5.69 Å². The van der Waals surface area contributed by atoms with Gasteiger partial charge >= 0.3 is 0 Å². The number of hydrogen-bond acceptors (Lipinski definition) is 3. The molecular weight excluding hydrogens is 310 g/mol. The first kappa shape index (κ1) is 16.6. The minimum Gasteiger partial charge on any atom is -0.371 e. The number of amides is 1. The third-order valence-corrected chi connectivity index (χ3v) is 5.27. The highest BCUT2D eigenvalue weighted by atomic mass is 35.5. The van der Waals surface area contributed by atoms with Gasteiger partial charge in [0.25, 0.3) is 0 Å². The molecule has 2 heterocycles. The minimum atomic E-state index is 0.149. The SMILES string of the molecule is Cc1ccc(Cl)cc1N1CCC(CNC(=O)C2CCCNC2)C1. The summed E-state index contributed by atoms with van der Waals surface area (Å²) in [6, 6.07) is 6.06. The lowest BCUT2D eigenvalue weighted by molar-refractivity contribution is -0.125. The number of rotatable bonds is 4. The number of aryl methyl sites for hydroxylation is 1. The first-order chi connectivity index (χ1) is 11.1. The van der Waals surface area contributed by atoms with Crippen molar-refractivity contribution in [1.82, 2.24) is 10.6 Å². The molecular formula is C18H26ClN3O. The molecule has 2 unspecified atom stereocenters. The maximum Gasteiger partial charge on any atom is 0.224 e. The fourth-order valence-electron chi connectivity index (χ4n) is 3.61. The number of anilines is 1. The smallest absolute Gasteiger partial charge is 0.224 e. The Balaban J connectivity index is 1.50. The van der Waals surface area contributed by atoms with E-state index in [9.17, 15) is 4.79 Å². The van der Waals surface area contributed by atoms with Gasteiger partial charge in [0, 0.05) is 36.9 Å².